The van der Waals surface area contributed by atoms with Crippen LogP contribution in [0.15, 0.2) is 30.3 Å². The summed E-state index contributed by atoms with van der Waals surface area (Å²) in [4.78, 5) is 23.7. The van der Waals surface area contributed by atoms with E-state index in [1.165, 1.54) is 24.1 Å². The molecular weight excluding hydrogens is 352 g/mol. The van der Waals surface area contributed by atoms with Gasteiger partial charge in [-0.3, -0.25) is 0 Å². The number of hydrogen-bond acceptors (Lipinski definition) is 4. The Morgan fingerprint density at radius 3 is 2.89 bits per heavy atom. The Hall–Kier alpha value is -2.63. The largest absolute Gasteiger partial charge is 0.489 e. The van der Waals surface area contributed by atoms with Crippen LogP contribution in [0.25, 0.3) is 0 Å². The summed E-state index contributed by atoms with van der Waals surface area (Å²) in [5.74, 6) is 1.69. The fourth-order valence-corrected chi connectivity index (χ4v) is 4.05. The van der Waals surface area contributed by atoms with Gasteiger partial charge in [-0.05, 0) is 50.3 Å². The fraction of sp³-hybridized carbons (Fsp3) is 0.500. The molecule has 2 aromatic rings. The minimum Gasteiger partial charge on any atom is -0.489 e. The van der Waals surface area contributed by atoms with E-state index in [1.807, 2.05) is 35.2 Å². The molecule has 0 spiro atoms. The molecule has 0 bridgehead atoms. The summed E-state index contributed by atoms with van der Waals surface area (Å²) in [7, 11) is 0. The number of aromatic nitrogens is 2. The number of nitrogens with one attached hydrogen (secondary N) is 1. The number of para-hydroxylation sites is 1. The van der Waals surface area contributed by atoms with Crippen LogP contribution in [0.1, 0.15) is 42.0 Å². The Bertz CT molecular complexity index is 825. The van der Waals surface area contributed by atoms with E-state index < -0.39 is 0 Å². The summed E-state index contributed by atoms with van der Waals surface area (Å²) in [5.41, 5.74) is 3.65. The first-order valence-electron chi connectivity index (χ1n) is 10.3. The van der Waals surface area contributed by atoms with Gasteiger partial charge in [0, 0.05) is 37.3 Å². The van der Waals surface area contributed by atoms with Gasteiger partial charge in [0.1, 0.15) is 17.7 Å². The van der Waals surface area contributed by atoms with Crippen molar-refractivity contribution in [2.45, 2.75) is 51.6 Å². The fourth-order valence-electron chi connectivity index (χ4n) is 4.05. The number of carbonyl (C=O) groups is 1. The summed E-state index contributed by atoms with van der Waals surface area (Å²) >= 11 is 0. The minimum atomic E-state index is -0.0335. The molecule has 1 aliphatic carbocycles. The highest BCUT2D eigenvalue weighted by Gasteiger charge is 2.27. The van der Waals surface area contributed by atoms with Gasteiger partial charge < -0.3 is 15.0 Å². The molecule has 148 valence electrons. The van der Waals surface area contributed by atoms with Gasteiger partial charge in [-0.1, -0.05) is 18.2 Å². The second-order valence-electron chi connectivity index (χ2n) is 7.63. The first kappa shape index (κ1) is 18.7. The van der Waals surface area contributed by atoms with Gasteiger partial charge in [0.2, 0.25) is 0 Å². The molecule has 0 radical (unpaired) electrons. The van der Waals surface area contributed by atoms with Gasteiger partial charge in [0.05, 0.1) is 6.54 Å². The second-order valence-corrected chi connectivity index (χ2v) is 7.63. The van der Waals surface area contributed by atoms with E-state index in [9.17, 15) is 4.79 Å². The summed E-state index contributed by atoms with van der Waals surface area (Å²) in [6.07, 6.45) is 6.17. The first-order valence-corrected chi connectivity index (χ1v) is 10.3. The van der Waals surface area contributed by atoms with Crippen LogP contribution in [0.5, 0.6) is 5.75 Å². The van der Waals surface area contributed by atoms with Crippen LogP contribution in [-0.4, -0.2) is 46.6 Å². The molecule has 1 aromatic carbocycles. The van der Waals surface area contributed by atoms with Gasteiger partial charge in [0.25, 0.3) is 0 Å². The maximum absolute atomic E-state index is 12.5. The minimum absolute atomic E-state index is 0.0335. The molecule has 6 nitrogen and oxygen atoms in total. The van der Waals surface area contributed by atoms with Crippen LogP contribution in [-0.2, 0) is 19.3 Å². The van der Waals surface area contributed by atoms with Crippen molar-refractivity contribution in [2.24, 2.45) is 0 Å². The number of nitrogens with zero attached hydrogens (tertiary/aromatic N) is 3. The topological polar surface area (TPSA) is 67.4 Å². The van der Waals surface area contributed by atoms with Gasteiger partial charge in [-0.2, -0.15) is 0 Å². The Morgan fingerprint density at radius 1 is 1.21 bits per heavy atom. The van der Waals surface area contributed by atoms with Crippen molar-refractivity contribution < 1.29 is 9.53 Å². The number of carbonyl (C=O) groups excluding carboxylic acids is 1. The van der Waals surface area contributed by atoms with Crippen LogP contribution in [0.2, 0.25) is 0 Å². The Kier molecular flexibility index (Phi) is 5.74. The average Bonchev–Trinajstić information content (AvgIpc) is 3.17. The van der Waals surface area contributed by atoms with Gasteiger partial charge in [0.15, 0.2) is 0 Å². The molecule has 1 fully saturated rings. The van der Waals surface area contributed by atoms with Crippen molar-refractivity contribution in [2.75, 3.05) is 19.6 Å². The van der Waals surface area contributed by atoms with Gasteiger partial charge >= 0.3 is 6.03 Å². The number of fused-ring (bicyclic) bond motifs is 1. The molecule has 1 aliphatic heterocycles. The van der Waals surface area contributed by atoms with E-state index in [2.05, 4.69) is 17.2 Å². The second kappa shape index (κ2) is 8.59. The van der Waals surface area contributed by atoms with Crippen LogP contribution in [0.4, 0.5) is 4.79 Å². The van der Waals surface area contributed by atoms with Crippen LogP contribution < -0.4 is 10.1 Å². The highest BCUT2D eigenvalue weighted by atomic mass is 16.5. The molecule has 2 heterocycles. The summed E-state index contributed by atoms with van der Waals surface area (Å²) in [6.45, 7) is 3.97. The Morgan fingerprint density at radius 2 is 2.04 bits per heavy atom. The lowest BCUT2D eigenvalue weighted by Crippen LogP contribution is -2.40. The van der Waals surface area contributed by atoms with Crippen molar-refractivity contribution in [1.82, 2.24) is 20.2 Å². The SMILES string of the molecule is Cc1nc(CCNC(=O)N2CC[C@@H](Oc3ccccc3)C2)nc2c1CCCC2. The molecular formula is C22H28N4O2. The summed E-state index contributed by atoms with van der Waals surface area (Å²) < 4.78 is 5.95. The molecule has 0 saturated carbocycles. The number of hydrogen-bond donors (Lipinski definition) is 1. The van der Waals surface area contributed by atoms with E-state index >= 15 is 0 Å². The third-order valence-corrected chi connectivity index (χ3v) is 5.54. The van der Waals surface area contributed by atoms with Crippen LogP contribution in [0.3, 0.4) is 0 Å². The predicted octanol–water partition coefficient (Wildman–Crippen LogP) is 3.07. The molecule has 1 atom stereocenters. The number of likely N-dealkylation sites (tertiary alicyclic amines) is 1. The highest BCUT2D eigenvalue weighted by Crippen LogP contribution is 2.22. The lowest BCUT2D eigenvalue weighted by atomic mass is 9.95. The molecule has 4 rings (SSSR count). The average molecular weight is 380 g/mol. The number of aryl methyl sites for hydroxylation is 2. The molecule has 6 heteroatoms. The van der Waals surface area contributed by atoms with Crippen molar-refractivity contribution in [3.8, 4) is 5.75 Å². The maximum Gasteiger partial charge on any atom is 0.317 e. The third-order valence-electron chi connectivity index (χ3n) is 5.54. The number of urea groups is 1. The normalized spacial score (nSPS) is 18.6. The zero-order valence-corrected chi connectivity index (χ0v) is 16.5. The molecule has 1 aromatic heterocycles. The van der Waals surface area contributed by atoms with Gasteiger partial charge in [-0.15, -0.1) is 0 Å². The first-order chi connectivity index (χ1) is 13.7. The number of benzene rings is 1. The standard InChI is InChI=1S/C22H28N4O2/c1-16-19-9-5-6-10-20(19)25-21(24-16)11-13-23-22(27)26-14-12-18(15-26)28-17-7-3-2-4-8-17/h2-4,7-8,18H,5-6,9-15H2,1H3,(H,23,27)/t18-/m1/s1. The zero-order valence-electron chi connectivity index (χ0n) is 16.5. The van der Waals surface area contributed by atoms with Crippen molar-refractivity contribution in [3.63, 3.8) is 0 Å². The molecule has 2 amide bonds. The van der Waals surface area contributed by atoms with Crippen molar-refractivity contribution in [3.05, 3.63) is 53.1 Å². The quantitative estimate of drug-likeness (QED) is 0.866. The predicted molar refractivity (Wildman–Crippen MR) is 108 cm³/mol. The Balaban J connectivity index is 1.24. The number of ether oxygens (including phenoxy) is 1. The molecule has 0 unspecified atom stereocenters. The van der Waals surface area contributed by atoms with E-state index in [0.717, 1.165) is 43.1 Å². The van der Waals surface area contributed by atoms with E-state index in [-0.39, 0.29) is 12.1 Å². The molecule has 28 heavy (non-hydrogen) atoms. The third kappa shape index (κ3) is 4.43. The number of amides is 2. The smallest absolute Gasteiger partial charge is 0.317 e. The van der Waals surface area contributed by atoms with E-state index in [0.29, 0.717) is 19.5 Å². The molecule has 1 saturated heterocycles. The van der Waals surface area contributed by atoms with Gasteiger partial charge in [-0.25, -0.2) is 14.8 Å². The lowest BCUT2D eigenvalue weighted by Gasteiger charge is -2.19. The van der Waals surface area contributed by atoms with Crippen LogP contribution in [0, 0.1) is 6.92 Å². The van der Waals surface area contributed by atoms with Crippen molar-refractivity contribution in [1.29, 1.82) is 0 Å². The lowest BCUT2D eigenvalue weighted by molar-refractivity contribution is 0.187. The highest BCUT2D eigenvalue weighted by molar-refractivity contribution is 5.74. The van der Waals surface area contributed by atoms with Crippen LogP contribution >= 0.6 is 0 Å². The molecule has 1 N–H and O–H groups in total. The molecule has 2 aliphatic rings. The van der Waals surface area contributed by atoms with E-state index in [1.54, 1.807) is 0 Å². The maximum atomic E-state index is 12.5. The zero-order chi connectivity index (χ0) is 19.3. The summed E-state index contributed by atoms with van der Waals surface area (Å²) in [5, 5.41) is 3.01. The Labute approximate surface area is 166 Å². The van der Waals surface area contributed by atoms with Crippen molar-refractivity contribution >= 4 is 6.03 Å². The summed E-state index contributed by atoms with van der Waals surface area (Å²) in [6, 6.07) is 9.74. The monoisotopic (exact) mass is 380 g/mol. The van der Waals surface area contributed by atoms with E-state index in [4.69, 9.17) is 9.72 Å². The number of rotatable bonds is 5.